The maximum Gasteiger partial charge on any atom is 0.417 e. The normalized spacial score (nSPS) is 24.9. The molecule has 0 amide bonds. The molecule has 2 rings (SSSR count). The second kappa shape index (κ2) is 6.69. The Hall–Kier alpha value is -0.550. The molecule has 1 aliphatic rings. The minimum atomic E-state index is -4.35. The zero-order valence-corrected chi connectivity index (χ0v) is 13.7. The molecule has 0 aliphatic heterocycles. The lowest BCUT2D eigenvalue weighted by atomic mass is 9.75. The molecule has 21 heavy (non-hydrogen) atoms. The fourth-order valence-corrected chi connectivity index (χ4v) is 3.74. The lowest BCUT2D eigenvalue weighted by molar-refractivity contribution is -0.138. The van der Waals surface area contributed by atoms with Crippen molar-refractivity contribution in [2.75, 3.05) is 0 Å². The van der Waals surface area contributed by atoms with Crippen LogP contribution in [0, 0.1) is 11.8 Å². The summed E-state index contributed by atoms with van der Waals surface area (Å²) in [6.07, 6.45) is 1.14. The van der Waals surface area contributed by atoms with Gasteiger partial charge in [-0.05, 0) is 42.4 Å². The zero-order valence-electron chi connectivity index (χ0n) is 12.1. The fourth-order valence-electron chi connectivity index (χ4n) is 3.27. The van der Waals surface area contributed by atoms with E-state index >= 15 is 0 Å². The van der Waals surface area contributed by atoms with Crippen molar-refractivity contribution in [3.8, 4) is 0 Å². The Kier molecular flexibility index (Phi) is 5.36. The molecule has 1 aliphatic carbocycles. The molecule has 0 spiro atoms. The van der Waals surface area contributed by atoms with Gasteiger partial charge in [-0.3, -0.25) is 0 Å². The molecule has 3 unspecified atom stereocenters. The molecule has 0 bridgehead atoms. The van der Waals surface area contributed by atoms with Crippen molar-refractivity contribution >= 4 is 15.9 Å². The van der Waals surface area contributed by atoms with Crippen LogP contribution in [0.1, 0.15) is 56.2 Å². The van der Waals surface area contributed by atoms with Gasteiger partial charge in [0.05, 0.1) is 5.56 Å². The largest absolute Gasteiger partial charge is 0.417 e. The predicted molar refractivity (Wildman–Crippen MR) is 81.8 cm³/mol. The standard InChI is InChI=1S/C16H21BrF3N/c1-2-10-4-3-5-11(8-10)15(21)12-6-7-14(17)13(9-12)16(18,19)20/h6-7,9-11,15H,2-5,8,21H2,1H3. The van der Waals surface area contributed by atoms with Crippen LogP contribution in [-0.4, -0.2) is 0 Å². The Bertz CT molecular complexity index is 487. The Labute approximate surface area is 132 Å². The highest BCUT2D eigenvalue weighted by Crippen LogP contribution is 2.40. The fraction of sp³-hybridized carbons (Fsp3) is 0.625. The van der Waals surface area contributed by atoms with Crippen LogP contribution < -0.4 is 5.73 Å². The van der Waals surface area contributed by atoms with E-state index in [9.17, 15) is 13.2 Å². The number of hydrogen-bond donors (Lipinski definition) is 1. The summed E-state index contributed by atoms with van der Waals surface area (Å²) in [5.41, 5.74) is 6.22. The molecule has 1 aromatic rings. The van der Waals surface area contributed by atoms with Crippen molar-refractivity contribution in [1.29, 1.82) is 0 Å². The topological polar surface area (TPSA) is 26.0 Å². The molecule has 0 heterocycles. The van der Waals surface area contributed by atoms with Gasteiger partial charge in [0.2, 0.25) is 0 Å². The lowest BCUT2D eigenvalue weighted by Crippen LogP contribution is -2.27. The van der Waals surface area contributed by atoms with E-state index in [1.807, 2.05) is 0 Å². The second-order valence-electron chi connectivity index (χ2n) is 5.96. The number of nitrogens with two attached hydrogens (primary N) is 1. The van der Waals surface area contributed by atoms with Crippen LogP contribution in [0.25, 0.3) is 0 Å². The maximum atomic E-state index is 13.0. The average Bonchev–Trinajstić information content (AvgIpc) is 2.46. The van der Waals surface area contributed by atoms with E-state index in [2.05, 4.69) is 22.9 Å². The first kappa shape index (κ1) is 16.8. The lowest BCUT2D eigenvalue weighted by Gasteiger charge is -2.33. The summed E-state index contributed by atoms with van der Waals surface area (Å²) < 4.78 is 39.0. The summed E-state index contributed by atoms with van der Waals surface area (Å²) in [6, 6.07) is 4.05. The minimum Gasteiger partial charge on any atom is -0.324 e. The van der Waals surface area contributed by atoms with Crippen LogP contribution >= 0.6 is 15.9 Å². The summed E-state index contributed by atoms with van der Waals surface area (Å²) in [5, 5.41) is 0. The van der Waals surface area contributed by atoms with Gasteiger partial charge in [-0.2, -0.15) is 13.2 Å². The van der Waals surface area contributed by atoms with Crippen molar-refractivity contribution in [2.45, 2.75) is 51.2 Å². The summed E-state index contributed by atoms with van der Waals surface area (Å²) in [6.45, 7) is 2.17. The number of halogens is 4. The third kappa shape index (κ3) is 4.01. The second-order valence-corrected chi connectivity index (χ2v) is 6.82. The molecule has 1 saturated carbocycles. The number of hydrogen-bond acceptors (Lipinski definition) is 1. The highest BCUT2D eigenvalue weighted by molar-refractivity contribution is 9.10. The predicted octanol–water partition coefficient (Wildman–Crippen LogP) is 5.68. The van der Waals surface area contributed by atoms with Crippen LogP contribution in [0.5, 0.6) is 0 Å². The zero-order chi connectivity index (χ0) is 15.6. The molecule has 5 heteroatoms. The Morgan fingerprint density at radius 1 is 1.33 bits per heavy atom. The van der Waals surface area contributed by atoms with E-state index in [0.717, 1.165) is 25.7 Å². The van der Waals surface area contributed by atoms with Crippen molar-refractivity contribution in [3.63, 3.8) is 0 Å². The van der Waals surface area contributed by atoms with Crippen molar-refractivity contribution in [2.24, 2.45) is 17.6 Å². The van der Waals surface area contributed by atoms with Gasteiger partial charge < -0.3 is 5.73 Å². The van der Waals surface area contributed by atoms with Crippen molar-refractivity contribution in [3.05, 3.63) is 33.8 Å². The molecule has 0 saturated heterocycles. The Balaban J connectivity index is 2.21. The molecule has 1 fully saturated rings. The monoisotopic (exact) mass is 363 g/mol. The summed E-state index contributed by atoms with van der Waals surface area (Å²) in [4.78, 5) is 0. The minimum absolute atomic E-state index is 0.0704. The van der Waals surface area contributed by atoms with Crippen LogP contribution in [0.4, 0.5) is 13.2 Å². The molecule has 3 atom stereocenters. The highest BCUT2D eigenvalue weighted by Gasteiger charge is 2.34. The van der Waals surface area contributed by atoms with Crippen molar-refractivity contribution in [1.82, 2.24) is 0 Å². The Morgan fingerprint density at radius 3 is 2.67 bits per heavy atom. The van der Waals surface area contributed by atoms with E-state index in [1.165, 1.54) is 18.6 Å². The summed E-state index contributed by atoms with van der Waals surface area (Å²) in [5.74, 6) is 0.943. The van der Waals surface area contributed by atoms with Crippen LogP contribution in [0.15, 0.2) is 22.7 Å². The number of alkyl halides is 3. The van der Waals surface area contributed by atoms with Gasteiger partial charge in [-0.25, -0.2) is 0 Å². The van der Waals surface area contributed by atoms with Gasteiger partial charge in [-0.1, -0.05) is 48.2 Å². The summed E-state index contributed by atoms with van der Waals surface area (Å²) in [7, 11) is 0. The molecule has 1 nitrogen and oxygen atoms in total. The van der Waals surface area contributed by atoms with E-state index in [0.29, 0.717) is 11.5 Å². The first-order valence-corrected chi connectivity index (χ1v) is 8.24. The highest BCUT2D eigenvalue weighted by atomic mass is 79.9. The maximum absolute atomic E-state index is 13.0. The summed E-state index contributed by atoms with van der Waals surface area (Å²) >= 11 is 2.97. The number of benzene rings is 1. The van der Waals surface area contributed by atoms with Gasteiger partial charge in [-0.15, -0.1) is 0 Å². The Morgan fingerprint density at radius 2 is 2.05 bits per heavy atom. The number of rotatable bonds is 3. The van der Waals surface area contributed by atoms with Crippen molar-refractivity contribution < 1.29 is 13.2 Å². The first-order chi connectivity index (χ1) is 9.82. The van der Waals surface area contributed by atoms with Gasteiger partial charge in [0.1, 0.15) is 0 Å². The third-order valence-corrected chi connectivity index (χ3v) is 5.28. The van der Waals surface area contributed by atoms with E-state index in [1.54, 1.807) is 6.07 Å². The smallest absolute Gasteiger partial charge is 0.324 e. The van der Waals surface area contributed by atoms with E-state index in [-0.39, 0.29) is 16.4 Å². The quantitative estimate of drug-likeness (QED) is 0.733. The van der Waals surface area contributed by atoms with Crippen LogP contribution in [0.2, 0.25) is 0 Å². The van der Waals surface area contributed by atoms with Gasteiger partial charge >= 0.3 is 6.18 Å². The van der Waals surface area contributed by atoms with Crippen LogP contribution in [0.3, 0.4) is 0 Å². The molecule has 0 radical (unpaired) electrons. The first-order valence-electron chi connectivity index (χ1n) is 7.45. The van der Waals surface area contributed by atoms with Gasteiger partial charge in [0, 0.05) is 10.5 Å². The SMILES string of the molecule is CCC1CCCC(C(N)c2ccc(Br)c(C(F)(F)F)c2)C1. The van der Waals surface area contributed by atoms with E-state index in [4.69, 9.17) is 5.73 Å². The molecule has 1 aromatic carbocycles. The molecule has 2 N–H and O–H groups in total. The average molecular weight is 364 g/mol. The van der Waals surface area contributed by atoms with Crippen LogP contribution in [-0.2, 0) is 6.18 Å². The molecule has 0 aromatic heterocycles. The third-order valence-electron chi connectivity index (χ3n) is 4.59. The van der Waals surface area contributed by atoms with Gasteiger partial charge in [0.15, 0.2) is 0 Å². The molecular formula is C16H21BrF3N. The molecule has 118 valence electrons. The van der Waals surface area contributed by atoms with Gasteiger partial charge in [0.25, 0.3) is 0 Å². The van der Waals surface area contributed by atoms with E-state index < -0.39 is 11.7 Å². The molecular weight excluding hydrogens is 343 g/mol.